The number of terminal acetylenes is 1. The molecule has 0 aliphatic carbocycles. The molecule has 60 valence electrons. The third-order valence-corrected chi connectivity index (χ3v) is 0.992. The normalized spacial score (nSPS) is 8.58. The van der Waals surface area contributed by atoms with Gasteiger partial charge in [-0.05, 0) is 0 Å². The molecule has 0 bridgehead atoms. The van der Waals surface area contributed by atoms with Gasteiger partial charge in [-0.1, -0.05) is 5.92 Å². The molecule has 0 fully saturated rings. The van der Waals surface area contributed by atoms with Crippen LogP contribution in [0.5, 0.6) is 5.88 Å². The van der Waals surface area contributed by atoms with E-state index in [0.717, 1.165) is 6.33 Å². The van der Waals surface area contributed by atoms with E-state index in [1.165, 1.54) is 6.20 Å². The smallest absolute Gasteiger partial charge is 0.255 e. The lowest BCUT2D eigenvalue weighted by atomic mass is 10.3. The van der Waals surface area contributed by atoms with E-state index in [0.29, 0.717) is 0 Å². The summed E-state index contributed by atoms with van der Waals surface area (Å²) in [6.45, 7) is 0. The molecule has 1 aromatic rings. The number of hydrogen-bond donors (Lipinski definition) is 0. The number of rotatable bonds is 2. The zero-order valence-electron chi connectivity index (χ0n) is 5.80. The largest absolute Gasteiger partial charge is 0.301 e. The average molecular weight is 165 g/mol. The summed E-state index contributed by atoms with van der Waals surface area (Å²) >= 11 is 0. The summed E-state index contributed by atoms with van der Waals surface area (Å²) in [6.07, 6.45) is 7.36. The Bertz CT molecular complexity index is 344. The van der Waals surface area contributed by atoms with Gasteiger partial charge in [0.2, 0.25) is 5.88 Å². The maximum Gasteiger partial charge on any atom is 0.301 e. The van der Waals surface area contributed by atoms with E-state index >= 15 is 0 Å². The molecule has 0 saturated carbocycles. The van der Waals surface area contributed by atoms with Crippen molar-refractivity contribution in [1.29, 1.82) is 0 Å². The van der Waals surface area contributed by atoms with E-state index in [-0.39, 0.29) is 11.4 Å². The molecule has 1 rings (SSSR count). The number of aromatic nitrogens is 2. The van der Waals surface area contributed by atoms with Crippen LogP contribution in [0.3, 0.4) is 0 Å². The van der Waals surface area contributed by atoms with Crippen LogP contribution in [0.2, 0.25) is 0 Å². The number of hydrogen-bond acceptors (Lipinski definition) is 5. The highest BCUT2D eigenvalue weighted by Crippen LogP contribution is 2.10. The maximum atomic E-state index is 9.89. The molecule has 12 heavy (non-hydrogen) atoms. The third-order valence-electron chi connectivity index (χ3n) is 0.992. The van der Waals surface area contributed by atoms with E-state index in [9.17, 15) is 10.1 Å². The predicted molar refractivity (Wildman–Crippen MR) is 37.6 cm³/mol. The second kappa shape index (κ2) is 3.30. The van der Waals surface area contributed by atoms with Gasteiger partial charge in [0.15, 0.2) is 0 Å². The Kier molecular flexibility index (Phi) is 2.18. The van der Waals surface area contributed by atoms with Gasteiger partial charge < -0.3 is 0 Å². The highest BCUT2D eigenvalue weighted by molar-refractivity contribution is 5.37. The summed E-state index contributed by atoms with van der Waals surface area (Å²) in [5.74, 6) is 1.92. The summed E-state index contributed by atoms with van der Waals surface area (Å²) in [5.41, 5.74) is 0.147. The van der Waals surface area contributed by atoms with E-state index in [1.54, 1.807) is 0 Å². The van der Waals surface area contributed by atoms with E-state index in [2.05, 4.69) is 20.7 Å². The van der Waals surface area contributed by atoms with Gasteiger partial charge >= 0.3 is 5.09 Å². The lowest BCUT2D eigenvalue weighted by Crippen LogP contribution is -2.06. The average Bonchev–Trinajstić information content (AvgIpc) is 2.04. The van der Waals surface area contributed by atoms with Gasteiger partial charge in [-0.25, -0.2) is 9.97 Å². The van der Waals surface area contributed by atoms with Crippen molar-refractivity contribution in [2.75, 3.05) is 0 Å². The first kappa shape index (κ1) is 7.94. The molecule has 6 heteroatoms. The standard InChI is InChI=1S/C6H3N3O3/c1-2-5-3-7-4-8-6(5)12-9(10)11/h1,3-4H. The molecular weight excluding hydrogens is 162 g/mol. The van der Waals surface area contributed by atoms with Gasteiger partial charge in [0.1, 0.15) is 6.33 Å². The van der Waals surface area contributed by atoms with Gasteiger partial charge in [-0.2, -0.15) is 0 Å². The molecule has 0 amide bonds. The SMILES string of the molecule is C#Cc1cncnc1O[N+](=O)[O-]. The maximum absolute atomic E-state index is 9.89. The van der Waals surface area contributed by atoms with Crippen LogP contribution >= 0.6 is 0 Å². The van der Waals surface area contributed by atoms with Gasteiger partial charge in [0, 0.05) is 6.20 Å². The van der Waals surface area contributed by atoms with Gasteiger partial charge in [-0.15, -0.1) is 16.5 Å². The number of nitrogens with zero attached hydrogens (tertiary/aromatic N) is 3. The van der Waals surface area contributed by atoms with Crippen molar-refractivity contribution in [3.8, 4) is 18.2 Å². The zero-order chi connectivity index (χ0) is 8.97. The van der Waals surface area contributed by atoms with Gasteiger partial charge in [0.05, 0.1) is 5.56 Å². The van der Waals surface area contributed by atoms with Crippen LogP contribution in [-0.2, 0) is 0 Å². The quantitative estimate of drug-likeness (QED) is 0.351. The van der Waals surface area contributed by atoms with Crippen LogP contribution in [-0.4, -0.2) is 15.1 Å². The van der Waals surface area contributed by atoms with Crippen molar-refractivity contribution in [2.24, 2.45) is 0 Å². The summed E-state index contributed by atoms with van der Waals surface area (Å²) in [5, 5.41) is 8.91. The summed E-state index contributed by atoms with van der Waals surface area (Å²) < 4.78 is 0. The fraction of sp³-hybridized carbons (Fsp3) is 0. The molecular formula is C6H3N3O3. The van der Waals surface area contributed by atoms with Crippen molar-refractivity contribution in [1.82, 2.24) is 9.97 Å². The molecule has 0 spiro atoms. The highest BCUT2D eigenvalue weighted by Gasteiger charge is 2.05. The molecule has 0 aliphatic heterocycles. The Labute approximate surface area is 67.3 Å². The zero-order valence-corrected chi connectivity index (χ0v) is 5.80. The van der Waals surface area contributed by atoms with Crippen LogP contribution in [0.1, 0.15) is 5.56 Å². The Morgan fingerprint density at radius 3 is 3.08 bits per heavy atom. The molecule has 1 aromatic heterocycles. The first-order chi connectivity index (χ1) is 5.74. The summed E-state index contributed by atoms with van der Waals surface area (Å²) in [6, 6.07) is 0. The van der Waals surface area contributed by atoms with Crippen molar-refractivity contribution in [3.63, 3.8) is 0 Å². The Balaban J connectivity index is 2.99. The Hall–Kier alpha value is -2.16. The monoisotopic (exact) mass is 165 g/mol. The minimum Gasteiger partial charge on any atom is -0.255 e. The topological polar surface area (TPSA) is 78.2 Å². The van der Waals surface area contributed by atoms with Gasteiger partial charge in [0.25, 0.3) is 0 Å². The summed E-state index contributed by atoms with van der Waals surface area (Å²) in [7, 11) is 0. The predicted octanol–water partition coefficient (Wildman–Crippen LogP) is 0.0284. The van der Waals surface area contributed by atoms with Gasteiger partial charge in [-0.3, -0.25) is 4.84 Å². The molecule has 0 saturated heterocycles. The van der Waals surface area contributed by atoms with Crippen LogP contribution in [0.4, 0.5) is 0 Å². The first-order valence-corrected chi connectivity index (χ1v) is 2.83. The van der Waals surface area contributed by atoms with Crippen molar-refractivity contribution in [3.05, 3.63) is 28.2 Å². The van der Waals surface area contributed by atoms with E-state index < -0.39 is 5.09 Å². The van der Waals surface area contributed by atoms with E-state index in [1.807, 2.05) is 0 Å². The van der Waals surface area contributed by atoms with Crippen LogP contribution in [0.25, 0.3) is 0 Å². The Morgan fingerprint density at radius 2 is 2.50 bits per heavy atom. The molecule has 0 radical (unpaired) electrons. The van der Waals surface area contributed by atoms with Crippen molar-refractivity contribution in [2.45, 2.75) is 0 Å². The molecule has 0 aromatic carbocycles. The molecule has 0 unspecified atom stereocenters. The molecule has 0 aliphatic rings. The van der Waals surface area contributed by atoms with Crippen LogP contribution in [0, 0.1) is 22.5 Å². The lowest BCUT2D eigenvalue weighted by Gasteiger charge is -1.97. The second-order valence-electron chi connectivity index (χ2n) is 1.70. The summed E-state index contributed by atoms with van der Waals surface area (Å²) in [4.78, 5) is 21.0. The molecule has 1 heterocycles. The third kappa shape index (κ3) is 1.67. The van der Waals surface area contributed by atoms with Crippen molar-refractivity contribution < 1.29 is 9.92 Å². The van der Waals surface area contributed by atoms with Crippen LogP contribution in [0.15, 0.2) is 12.5 Å². The molecule has 6 nitrogen and oxygen atoms in total. The second-order valence-corrected chi connectivity index (χ2v) is 1.70. The minimum atomic E-state index is -0.983. The van der Waals surface area contributed by atoms with Crippen molar-refractivity contribution >= 4 is 0 Å². The molecule has 0 atom stereocenters. The Morgan fingerprint density at radius 1 is 1.75 bits per heavy atom. The molecule has 0 N–H and O–H groups in total. The fourth-order valence-corrected chi connectivity index (χ4v) is 0.561. The fourth-order valence-electron chi connectivity index (χ4n) is 0.561. The van der Waals surface area contributed by atoms with E-state index in [4.69, 9.17) is 6.42 Å². The minimum absolute atomic E-state index is 0.147. The highest BCUT2D eigenvalue weighted by atomic mass is 17.0. The lowest BCUT2D eigenvalue weighted by molar-refractivity contribution is -0.712. The first-order valence-electron chi connectivity index (χ1n) is 2.83. The van der Waals surface area contributed by atoms with Crippen LogP contribution < -0.4 is 4.84 Å².